The Morgan fingerprint density at radius 1 is 1.42 bits per heavy atom. The van der Waals surface area contributed by atoms with Crippen molar-refractivity contribution in [3.63, 3.8) is 0 Å². The normalized spacial score (nSPS) is 16.8. The summed E-state index contributed by atoms with van der Waals surface area (Å²) in [5, 5.41) is 5.10. The van der Waals surface area contributed by atoms with Crippen molar-refractivity contribution in [2.24, 2.45) is 0 Å². The van der Waals surface area contributed by atoms with Crippen molar-refractivity contribution >= 4 is 29.2 Å². The molecule has 1 atom stereocenters. The van der Waals surface area contributed by atoms with Crippen molar-refractivity contribution in [3.05, 3.63) is 33.3 Å². The Kier molecular flexibility index (Phi) is 7.60. The third kappa shape index (κ3) is 4.83. The lowest BCUT2D eigenvalue weighted by Crippen LogP contribution is -2.50. The van der Waals surface area contributed by atoms with Gasteiger partial charge in [0.2, 0.25) is 0 Å². The molecule has 2 amide bonds. The van der Waals surface area contributed by atoms with Crippen LogP contribution in [0, 0.1) is 12.3 Å². The zero-order valence-electron chi connectivity index (χ0n) is 15.4. The number of benzene rings is 1. The second kappa shape index (κ2) is 9.48. The number of nitrogens with one attached hydrogen (secondary N) is 1. The molecule has 0 radical (unpaired) electrons. The predicted octanol–water partition coefficient (Wildman–Crippen LogP) is 4.09. The van der Waals surface area contributed by atoms with E-state index in [-0.39, 0.29) is 18.1 Å². The molecule has 1 N–H and O–H groups in total. The zero-order chi connectivity index (χ0) is 19.3. The van der Waals surface area contributed by atoms with Crippen LogP contribution in [0.4, 0.5) is 4.79 Å². The molecule has 0 saturated carbocycles. The second-order valence-electron chi connectivity index (χ2n) is 6.42. The summed E-state index contributed by atoms with van der Waals surface area (Å²) in [5.74, 6) is 2.49. The van der Waals surface area contributed by atoms with Crippen LogP contribution in [-0.4, -0.2) is 48.8 Å². The SMILES string of the molecule is C#Cc1ccc(C(C)NC(=O)N(OCC)C2CCN(C)CC2)c(Cl)c1Cl. The highest BCUT2D eigenvalue weighted by Crippen LogP contribution is 2.32. The largest absolute Gasteiger partial charge is 0.342 e. The molecule has 1 aromatic carbocycles. The highest BCUT2D eigenvalue weighted by molar-refractivity contribution is 6.43. The van der Waals surface area contributed by atoms with Crippen LogP contribution < -0.4 is 5.32 Å². The van der Waals surface area contributed by atoms with Gasteiger partial charge in [0.15, 0.2) is 0 Å². The maximum absolute atomic E-state index is 12.8. The first kappa shape index (κ1) is 20.9. The van der Waals surface area contributed by atoms with Crippen LogP contribution >= 0.6 is 23.2 Å². The minimum absolute atomic E-state index is 0.0567. The van der Waals surface area contributed by atoms with E-state index in [0.717, 1.165) is 25.9 Å². The molecule has 1 unspecified atom stereocenters. The van der Waals surface area contributed by atoms with E-state index in [9.17, 15) is 4.79 Å². The number of hydroxylamine groups is 2. The first-order valence-corrected chi connectivity index (χ1v) is 9.50. The van der Waals surface area contributed by atoms with Gasteiger partial charge in [0.1, 0.15) is 0 Å². The first-order valence-electron chi connectivity index (χ1n) is 8.74. The molecule has 0 aromatic heterocycles. The van der Waals surface area contributed by atoms with Crippen molar-refractivity contribution < 1.29 is 9.63 Å². The molecule has 0 spiro atoms. The van der Waals surface area contributed by atoms with E-state index in [1.54, 1.807) is 12.1 Å². The van der Waals surface area contributed by atoms with Gasteiger partial charge >= 0.3 is 6.03 Å². The van der Waals surface area contributed by atoms with Gasteiger partial charge in [0.05, 0.1) is 28.7 Å². The summed E-state index contributed by atoms with van der Waals surface area (Å²) in [7, 11) is 2.08. The lowest BCUT2D eigenvalue weighted by atomic mass is 10.0. The third-order valence-electron chi connectivity index (χ3n) is 4.56. The van der Waals surface area contributed by atoms with Crippen LogP contribution in [0.15, 0.2) is 12.1 Å². The number of halogens is 2. The van der Waals surface area contributed by atoms with E-state index in [0.29, 0.717) is 27.8 Å². The number of carbonyl (C=O) groups excluding carboxylic acids is 1. The summed E-state index contributed by atoms with van der Waals surface area (Å²) >= 11 is 12.5. The highest BCUT2D eigenvalue weighted by atomic mass is 35.5. The van der Waals surface area contributed by atoms with Gasteiger partial charge in [-0.25, -0.2) is 9.86 Å². The van der Waals surface area contributed by atoms with Gasteiger partial charge in [-0.2, -0.15) is 0 Å². The third-order valence-corrected chi connectivity index (χ3v) is 5.46. The van der Waals surface area contributed by atoms with Crippen LogP contribution in [0.2, 0.25) is 10.0 Å². The molecule has 1 heterocycles. The lowest BCUT2D eigenvalue weighted by Gasteiger charge is -2.36. The number of terminal acetylenes is 1. The standard InChI is InChI=1S/C19H25Cl2N3O2/c1-5-14-7-8-16(18(21)17(14)20)13(3)22-19(25)24(26-6-2)15-9-11-23(4)12-10-15/h1,7-8,13,15H,6,9-12H2,2-4H3,(H,22,25). The topological polar surface area (TPSA) is 44.8 Å². The zero-order valence-corrected chi connectivity index (χ0v) is 16.9. The average Bonchev–Trinajstić information content (AvgIpc) is 2.62. The van der Waals surface area contributed by atoms with Crippen LogP contribution in [0.5, 0.6) is 0 Å². The highest BCUT2D eigenvalue weighted by Gasteiger charge is 2.29. The molecule has 5 nitrogen and oxygen atoms in total. The fourth-order valence-electron chi connectivity index (χ4n) is 3.04. The van der Waals surface area contributed by atoms with Crippen LogP contribution in [-0.2, 0) is 4.84 Å². The Balaban J connectivity index is 2.11. The number of urea groups is 1. The molecule has 0 aliphatic carbocycles. The molecular formula is C19H25Cl2N3O2. The smallest absolute Gasteiger partial charge is 0.330 e. The Labute approximate surface area is 165 Å². The number of hydrogen-bond donors (Lipinski definition) is 1. The summed E-state index contributed by atoms with van der Waals surface area (Å²) in [4.78, 5) is 20.7. The van der Waals surface area contributed by atoms with Crippen molar-refractivity contribution in [1.82, 2.24) is 15.3 Å². The molecule has 26 heavy (non-hydrogen) atoms. The molecule has 1 aromatic rings. The molecule has 142 valence electrons. The van der Waals surface area contributed by atoms with E-state index < -0.39 is 0 Å². The first-order chi connectivity index (χ1) is 12.4. The van der Waals surface area contributed by atoms with Gasteiger partial charge in [-0.05, 0) is 58.5 Å². The van der Waals surface area contributed by atoms with E-state index in [2.05, 4.69) is 23.2 Å². The van der Waals surface area contributed by atoms with Gasteiger partial charge in [0.25, 0.3) is 0 Å². The Morgan fingerprint density at radius 2 is 2.08 bits per heavy atom. The van der Waals surface area contributed by atoms with Crippen molar-refractivity contribution in [3.8, 4) is 12.3 Å². The number of rotatable bonds is 5. The molecule has 1 fully saturated rings. The summed E-state index contributed by atoms with van der Waals surface area (Å²) in [5.41, 5.74) is 1.24. The minimum atomic E-state index is -0.339. The van der Waals surface area contributed by atoms with Crippen LogP contribution in [0.3, 0.4) is 0 Å². The Bertz CT molecular complexity index is 682. The van der Waals surface area contributed by atoms with Gasteiger partial charge < -0.3 is 10.2 Å². The van der Waals surface area contributed by atoms with Crippen molar-refractivity contribution in [2.75, 3.05) is 26.7 Å². The second-order valence-corrected chi connectivity index (χ2v) is 7.18. The van der Waals surface area contributed by atoms with Gasteiger partial charge in [-0.1, -0.05) is 35.2 Å². The van der Waals surface area contributed by atoms with Crippen LogP contribution in [0.25, 0.3) is 0 Å². The molecule has 1 aliphatic rings. The summed E-state index contributed by atoms with van der Waals surface area (Å²) in [6, 6.07) is 2.95. The van der Waals surface area contributed by atoms with E-state index in [1.165, 1.54) is 5.06 Å². The number of carbonyl (C=O) groups is 1. The summed E-state index contributed by atoms with van der Waals surface area (Å²) in [6.45, 7) is 6.02. The van der Waals surface area contributed by atoms with E-state index in [1.807, 2.05) is 13.8 Å². The monoisotopic (exact) mass is 397 g/mol. The predicted molar refractivity (Wildman–Crippen MR) is 105 cm³/mol. The number of nitrogens with zero attached hydrogens (tertiary/aromatic N) is 2. The maximum atomic E-state index is 12.8. The fraction of sp³-hybridized carbons (Fsp3) is 0.526. The van der Waals surface area contributed by atoms with Gasteiger partial charge in [-0.15, -0.1) is 6.42 Å². The number of likely N-dealkylation sites (tertiary alicyclic amines) is 1. The number of hydrogen-bond acceptors (Lipinski definition) is 3. The molecule has 1 saturated heterocycles. The maximum Gasteiger partial charge on any atom is 0.342 e. The Morgan fingerprint density at radius 3 is 2.65 bits per heavy atom. The molecule has 0 bridgehead atoms. The summed E-state index contributed by atoms with van der Waals surface area (Å²) < 4.78 is 0. The van der Waals surface area contributed by atoms with E-state index in [4.69, 9.17) is 34.5 Å². The lowest BCUT2D eigenvalue weighted by molar-refractivity contribution is -0.148. The fourth-order valence-corrected chi connectivity index (χ4v) is 3.59. The minimum Gasteiger partial charge on any atom is -0.330 e. The quantitative estimate of drug-likeness (QED) is 0.600. The number of piperidine rings is 1. The van der Waals surface area contributed by atoms with E-state index >= 15 is 0 Å². The summed E-state index contributed by atoms with van der Waals surface area (Å²) in [6.07, 6.45) is 7.16. The van der Waals surface area contributed by atoms with Gasteiger partial charge in [0, 0.05) is 5.56 Å². The van der Waals surface area contributed by atoms with Crippen molar-refractivity contribution in [2.45, 2.75) is 38.8 Å². The molecule has 2 rings (SSSR count). The Hall–Kier alpha value is -1.45. The molecular weight excluding hydrogens is 373 g/mol. The molecule has 1 aliphatic heterocycles. The molecule has 7 heteroatoms. The average molecular weight is 398 g/mol. The van der Waals surface area contributed by atoms with Crippen LogP contribution in [0.1, 0.15) is 43.9 Å². The number of amides is 2. The van der Waals surface area contributed by atoms with Gasteiger partial charge in [-0.3, -0.25) is 4.84 Å². The van der Waals surface area contributed by atoms with Crippen molar-refractivity contribution in [1.29, 1.82) is 0 Å².